The fourth-order valence-corrected chi connectivity index (χ4v) is 4.18. The largest absolute Gasteiger partial charge is 0.497 e. The number of halogens is 2. The summed E-state index contributed by atoms with van der Waals surface area (Å²) in [5.74, 6) is 1.22. The van der Waals surface area contributed by atoms with Crippen molar-refractivity contribution in [2.45, 2.75) is 31.1 Å². The number of ether oxygens (including phenoxy) is 1. The van der Waals surface area contributed by atoms with Gasteiger partial charge < -0.3 is 10.1 Å². The summed E-state index contributed by atoms with van der Waals surface area (Å²) >= 11 is 7.15. The molecule has 1 unspecified atom stereocenters. The van der Waals surface area contributed by atoms with Gasteiger partial charge in [-0.05, 0) is 60.2 Å². The van der Waals surface area contributed by atoms with Gasteiger partial charge in [0.2, 0.25) is 5.91 Å². The summed E-state index contributed by atoms with van der Waals surface area (Å²) in [5, 5.41) is 3.48. The Kier molecular flexibility index (Phi) is 6.43. The normalized spacial score (nSPS) is 16.0. The van der Waals surface area contributed by atoms with Gasteiger partial charge in [-0.15, -0.1) is 11.8 Å². The van der Waals surface area contributed by atoms with E-state index >= 15 is 0 Å². The number of rotatable bonds is 6. The third-order valence-electron chi connectivity index (χ3n) is 4.51. The molecule has 0 saturated carbocycles. The second kappa shape index (κ2) is 8.78. The van der Waals surface area contributed by atoms with Crippen LogP contribution in [0.4, 0.5) is 4.39 Å². The summed E-state index contributed by atoms with van der Waals surface area (Å²) in [5.41, 5.74) is 2.96. The van der Waals surface area contributed by atoms with Crippen molar-refractivity contribution in [3.63, 3.8) is 0 Å². The Morgan fingerprint density at radius 1 is 1.35 bits per heavy atom. The third kappa shape index (κ3) is 4.71. The van der Waals surface area contributed by atoms with Crippen LogP contribution in [0.5, 0.6) is 5.75 Å². The Bertz CT molecular complexity index is 799. The van der Waals surface area contributed by atoms with Gasteiger partial charge in [-0.25, -0.2) is 4.39 Å². The van der Waals surface area contributed by atoms with Crippen LogP contribution in [-0.2, 0) is 17.0 Å². The zero-order valence-corrected chi connectivity index (χ0v) is 16.1. The number of aryl methyl sites for hydroxylation is 1. The number of carbonyl (C=O) groups is 1. The zero-order chi connectivity index (χ0) is 18.5. The average molecular weight is 394 g/mol. The number of amides is 1. The van der Waals surface area contributed by atoms with E-state index in [1.807, 2.05) is 18.2 Å². The van der Waals surface area contributed by atoms with Crippen LogP contribution in [0.15, 0.2) is 36.4 Å². The number of fused-ring (bicyclic) bond motifs is 1. The lowest BCUT2D eigenvalue weighted by atomic mass is 9.87. The maximum absolute atomic E-state index is 13.8. The van der Waals surface area contributed by atoms with Crippen LogP contribution in [0.2, 0.25) is 5.02 Å². The average Bonchev–Trinajstić information content (AvgIpc) is 2.63. The summed E-state index contributed by atoms with van der Waals surface area (Å²) in [6.45, 7) is 0. The van der Waals surface area contributed by atoms with Crippen LogP contribution in [0.3, 0.4) is 0 Å². The molecule has 0 spiro atoms. The molecule has 3 nitrogen and oxygen atoms in total. The SMILES string of the molecule is COc1ccc2c(c1)CCCC2NC(=O)CSCc1ccc(Cl)cc1F. The van der Waals surface area contributed by atoms with Gasteiger partial charge in [0.05, 0.1) is 18.9 Å². The second-order valence-electron chi connectivity index (χ2n) is 6.31. The van der Waals surface area contributed by atoms with Crippen molar-refractivity contribution >= 4 is 29.3 Å². The first-order valence-corrected chi connectivity index (χ1v) is 10.1. The lowest BCUT2D eigenvalue weighted by molar-refractivity contribution is -0.119. The van der Waals surface area contributed by atoms with Gasteiger partial charge in [0.15, 0.2) is 0 Å². The van der Waals surface area contributed by atoms with Gasteiger partial charge in [-0.1, -0.05) is 23.7 Å². The molecule has 0 radical (unpaired) electrons. The molecule has 2 aromatic carbocycles. The van der Waals surface area contributed by atoms with Crippen molar-refractivity contribution in [1.82, 2.24) is 5.32 Å². The van der Waals surface area contributed by atoms with Crippen LogP contribution in [0, 0.1) is 5.82 Å². The van der Waals surface area contributed by atoms with Crippen molar-refractivity contribution in [1.29, 1.82) is 0 Å². The molecule has 0 heterocycles. The maximum atomic E-state index is 13.8. The Labute approximate surface area is 162 Å². The molecule has 1 aliphatic rings. The molecule has 1 atom stereocenters. The third-order valence-corrected chi connectivity index (χ3v) is 5.72. The minimum absolute atomic E-state index is 0.0296. The van der Waals surface area contributed by atoms with Crippen LogP contribution in [-0.4, -0.2) is 18.8 Å². The van der Waals surface area contributed by atoms with E-state index in [2.05, 4.69) is 5.32 Å². The number of benzene rings is 2. The smallest absolute Gasteiger partial charge is 0.230 e. The van der Waals surface area contributed by atoms with Gasteiger partial charge in [-0.3, -0.25) is 4.79 Å². The molecule has 26 heavy (non-hydrogen) atoms. The van der Waals surface area contributed by atoms with Crippen molar-refractivity contribution < 1.29 is 13.9 Å². The fraction of sp³-hybridized carbons (Fsp3) is 0.350. The van der Waals surface area contributed by atoms with Crippen molar-refractivity contribution in [3.05, 3.63) is 63.9 Å². The summed E-state index contributed by atoms with van der Waals surface area (Å²) in [7, 11) is 1.66. The highest BCUT2D eigenvalue weighted by molar-refractivity contribution is 7.99. The number of methoxy groups -OCH3 is 1. The Balaban J connectivity index is 1.54. The molecule has 1 amide bonds. The van der Waals surface area contributed by atoms with E-state index in [4.69, 9.17) is 16.3 Å². The summed E-state index contributed by atoms with van der Waals surface area (Å²) in [4.78, 5) is 12.3. The molecule has 0 aliphatic heterocycles. The Morgan fingerprint density at radius 3 is 2.96 bits per heavy atom. The Hall–Kier alpha value is -1.72. The minimum Gasteiger partial charge on any atom is -0.497 e. The lowest BCUT2D eigenvalue weighted by Gasteiger charge is -2.26. The van der Waals surface area contributed by atoms with E-state index < -0.39 is 0 Å². The first kappa shape index (κ1) is 19.1. The van der Waals surface area contributed by atoms with Crippen molar-refractivity contribution in [2.24, 2.45) is 0 Å². The molecular weight excluding hydrogens is 373 g/mol. The van der Waals surface area contributed by atoms with E-state index in [1.54, 1.807) is 19.2 Å². The molecule has 6 heteroatoms. The first-order valence-electron chi connectivity index (χ1n) is 8.54. The monoisotopic (exact) mass is 393 g/mol. The number of nitrogens with one attached hydrogen (secondary N) is 1. The highest BCUT2D eigenvalue weighted by Crippen LogP contribution is 2.32. The molecular formula is C20H21ClFNO2S. The number of thioether (sulfide) groups is 1. The molecule has 0 fully saturated rings. The van der Waals surface area contributed by atoms with Crippen molar-refractivity contribution in [2.75, 3.05) is 12.9 Å². The first-order chi connectivity index (χ1) is 12.6. The second-order valence-corrected chi connectivity index (χ2v) is 7.73. The van der Waals surface area contributed by atoms with E-state index in [9.17, 15) is 9.18 Å². The minimum atomic E-state index is -0.333. The molecule has 0 saturated heterocycles. The molecule has 3 rings (SSSR count). The van der Waals surface area contributed by atoms with E-state index in [-0.39, 0.29) is 17.8 Å². The number of hydrogen-bond acceptors (Lipinski definition) is 3. The van der Waals surface area contributed by atoms with Gasteiger partial charge in [0.1, 0.15) is 11.6 Å². The van der Waals surface area contributed by atoms with E-state index in [0.717, 1.165) is 25.0 Å². The molecule has 2 aromatic rings. The molecule has 138 valence electrons. The molecule has 0 aromatic heterocycles. The van der Waals surface area contributed by atoms with Crippen LogP contribution in [0.1, 0.15) is 35.6 Å². The molecule has 1 aliphatic carbocycles. The van der Waals surface area contributed by atoms with Crippen molar-refractivity contribution in [3.8, 4) is 5.75 Å². The molecule has 0 bridgehead atoms. The number of carbonyl (C=O) groups excluding carboxylic acids is 1. The highest BCUT2D eigenvalue weighted by atomic mass is 35.5. The maximum Gasteiger partial charge on any atom is 0.230 e. The topological polar surface area (TPSA) is 38.3 Å². The van der Waals surface area contributed by atoms with E-state index in [0.29, 0.717) is 22.1 Å². The molecule has 1 N–H and O–H groups in total. The van der Waals surface area contributed by atoms with Crippen LogP contribution < -0.4 is 10.1 Å². The van der Waals surface area contributed by atoms with Crippen LogP contribution >= 0.6 is 23.4 Å². The predicted octanol–water partition coefficient (Wildman–Crippen LogP) is 4.91. The zero-order valence-electron chi connectivity index (χ0n) is 14.6. The predicted molar refractivity (Wildman–Crippen MR) is 104 cm³/mol. The van der Waals surface area contributed by atoms with Gasteiger partial charge >= 0.3 is 0 Å². The summed E-state index contributed by atoms with van der Waals surface area (Å²) < 4.78 is 19.0. The fourth-order valence-electron chi connectivity index (χ4n) is 3.20. The quantitative estimate of drug-likeness (QED) is 0.757. The van der Waals surface area contributed by atoms with E-state index in [1.165, 1.54) is 29.0 Å². The number of hydrogen-bond donors (Lipinski definition) is 1. The standard InChI is InChI=1S/C20H21ClFNO2S/c1-25-16-7-8-17-13(9-16)3-2-4-19(17)23-20(24)12-26-11-14-5-6-15(21)10-18(14)22/h5-10,19H,2-4,11-12H2,1H3,(H,23,24). The van der Waals surface area contributed by atoms with Gasteiger partial charge in [-0.2, -0.15) is 0 Å². The van der Waals surface area contributed by atoms with Gasteiger partial charge in [0, 0.05) is 10.8 Å². The summed E-state index contributed by atoms with van der Waals surface area (Å²) in [6.07, 6.45) is 2.97. The highest BCUT2D eigenvalue weighted by Gasteiger charge is 2.22. The van der Waals surface area contributed by atoms with Gasteiger partial charge in [0.25, 0.3) is 0 Å². The Morgan fingerprint density at radius 2 is 2.19 bits per heavy atom. The lowest BCUT2D eigenvalue weighted by Crippen LogP contribution is -2.32. The van der Waals surface area contributed by atoms with Crippen LogP contribution in [0.25, 0.3) is 0 Å². The summed E-state index contributed by atoms with van der Waals surface area (Å²) in [6, 6.07) is 10.7.